The minimum Gasteiger partial charge on any atom is -0.481 e. The van der Waals surface area contributed by atoms with Crippen LogP contribution < -0.4 is 11.1 Å². The summed E-state index contributed by atoms with van der Waals surface area (Å²) in [5.41, 5.74) is 6.02. The summed E-state index contributed by atoms with van der Waals surface area (Å²) in [6, 6.07) is 5.76. The van der Waals surface area contributed by atoms with E-state index >= 15 is 0 Å². The number of urea groups is 1. The molecule has 1 aromatic carbocycles. The molecule has 4 N–H and O–H groups in total. The number of anilines is 1. The molecule has 0 aromatic heterocycles. The van der Waals surface area contributed by atoms with Crippen LogP contribution in [0.15, 0.2) is 24.3 Å². The average Bonchev–Trinajstić information content (AvgIpc) is 2.85. The first-order valence-corrected chi connectivity index (χ1v) is 6.63. The van der Waals surface area contributed by atoms with E-state index in [0.29, 0.717) is 30.8 Å². The second-order valence-electron chi connectivity index (χ2n) is 5.07. The van der Waals surface area contributed by atoms with Crippen LogP contribution in [0.25, 0.3) is 0 Å². The molecule has 1 heterocycles. The fraction of sp³-hybridized carbons (Fsp3) is 0.357. The molecule has 1 fully saturated rings. The average molecular weight is 291 g/mol. The van der Waals surface area contributed by atoms with Crippen molar-refractivity contribution >= 4 is 23.6 Å². The van der Waals surface area contributed by atoms with Crippen molar-refractivity contribution < 1.29 is 19.5 Å². The van der Waals surface area contributed by atoms with Crippen LogP contribution in [0.3, 0.4) is 0 Å². The highest BCUT2D eigenvalue weighted by Crippen LogP contribution is 2.22. The molecule has 7 heteroatoms. The zero-order valence-electron chi connectivity index (χ0n) is 11.4. The Labute approximate surface area is 121 Å². The Bertz CT molecular complexity index is 556. The summed E-state index contributed by atoms with van der Waals surface area (Å²) in [7, 11) is 0. The SMILES string of the molecule is NC(=O)Nc1ccc(C(=O)N2CCC(CC(=O)O)C2)cc1. The number of hydrogen-bond donors (Lipinski definition) is 3. The fourth-order valence-electron chi connectivity index (χ4n) is 2.45. The number of hydrogen-bond acceptors (Lipinski definition) is 3. The van der Waals surface area contributed by atoms with Crippen LogP contribution in [0.4, 0.5) is 10.5 Å². The standard InChI is InChI=1S/C14H17N3O4/c15-14(21)16-11-3-1-10(2-4-11)13(20)17-6-5-9(8-17)7-12(18)19/h1-4,9H,5-8H2,(H,18,19)(H3,15,16,21). The third-order valence-corrected chi connectivity index (χ3v) is 3.44. The predicted octanol–water partition coefficient (Wildman–Crippen LogP) is 1.11. The molecule has 2 rings (SSSR count). The Morgan fingerprint density at radius 3 is 2.52 bits per heavy atom. The van der Waals surface area contributed by atoms with E-state index in [1.54, 1.807) is 29.2 Å². The number of nitrogens with one attached hydrogen (secondary N) is 1. The minimum absolute atomic E-state index is 0.0160. The summed E-state index contributed by atoms with van der Waals surface area (Å²) < 4.78 is 0. The van der Waals surface area contributed by atoms with Crippen molar-refractivity contribution in [2.75, 3.05) is 18.4 Å². The quantitative estimate of drug-likeness (QED) is 0.771. The van der Waals surface area contributed by atoms with Crippen LogP contribution in [-0.4, -0.2) is 41.0 Å². The summed E-state index contributed by atoms with van der Waals surface area (Å²) in [5, 5.41) is 11.2. The Morgan fingerprint density at radius 1 is 1.29 bits per heavy atom. The van der Waals surface area contributed by atoms with E-state index < -0.39 is 12.0 Å². The monoisotopic (exact) mass is 291 g/mol. The maximum atomic E-state index is 12.3. The molecular formula is C14H17N3O4. The van der Waals surface area contributed by atoms with Crippen molar-refractivity contribution in [3.8, 4) is 0 Å². The van der Waals surface area contributed by atoms with Gasteiger partial charge in [-0.1, -0.05) is 0 Å². The number of benzene rings is 1. The van der Waals surface area contributed by atoms with Crippen molar-refractivity contribution in [2.45, 2.75) is 12.8 Å². The molecular weight excluding hydrogens is 274 g/mol. The van der Waals surface area contributed by atoms with Gasteiger partial charge in [0, 0.05) is 30.8 Å². The van der Waals surface area contributed by atoms with Gasteiger partial charge in [0.2, 0.25) is 0 Å². The Hall–Kier alpha value is -2.57. The highest BCUT2D eigenvalue weighted by Gasteiger charge is 2.28. The Balaban J connectivity index is 1.97. The van der Waals surface area contributed by atoms with Crippen molar-refractivity contribution in [1.29, 1.82) is 0 Å². The predicted molar refractivity (Wildman–Crippen MR) is 75.9 cm³/mol. The number of carboxylic acid groups (broad SMARTS) is 1. The lowest BCUT2D eigenvalue weighted by Gasteiger charge is -2.16. The van der Waals surface area contributed by atoms with Crippen LogP contribution in [-0.2, 0) is 4.79 Å². The van der Waals surface area contributed by atoms with Crippen molar-refractivity contribution in [3.05, 3.63) is 29.8 Å². The number of rotatable bonds is 4. The van der Waals surface area contributed by atoms with E-state index in [1.165, 1.54) is 0 Å². The third-order valence-electron chi connectivity index (χ3n) is 3.44. The molecule has 1 atom stereocenters. The summed E-state index contributed by atoms with van der Waals surface area (Å²) in [5.74, 6) is -0.952. The molecule has 1 aromatic rings. The fourth-order valence-corrected chi connectivity index (χ4v) is 2.45. The van der Waals surface area contributed by atoms with Gasteiger partial charge in [0.25, 0.3) is 5.91 Å². The van der Waals surface area contributed by atoms with Gasteiger partial charge in [-0.25, -0.2) is 4.79 Å². The van der Waals surface area contributed by atoms with Crippen molar-refractivity contribution in [2.24, 2.45) is 11.7 Å². The normalized spacial score (nSPS) is 17.5. The minimum atomic E-state index is -0.837. The highest BCUT2D eigenvalue weighted by molar-refractivity contribution is 5.95. The molecule has 3 amide bonds. The maximum absolute atomic E-state index is 12.3. The summed E-state index contributed by atoms with van der Waals surface area (Å²) >= 11 is 0. The molecule has 1 unspecified atom stereocenters. The molecule has 1 aliphatic heterocycles. The van der Waals surface area contributed by atoms with Gasteiger partial charge in [-0.15, -0.1) is 0 Å². The van der Waals surface area contributed by atoms with Gasteiger partial charge in [-0.05, 0) is 36.6 Å². The first kappa shape index (κ1) is 14.8. The van der Waals surface area contributed by atoms with Crippen LogP contribution in [0.5, 0.6) is 0 Å². The first-order valence-electron chi connectivity index (χ1n) is 6.63. The molecule has 0 spiro atoms. The Kier molecular flexibility index (Phi) is 4.42. The zero-order valence-corrected chi connectivity index (χ0v) is 11.4. The molecule has 0 bridgehead atoms. The molecule has 21 heavy (non-hydrogen) atoms. The summed E-state index contributed by atoms with van der Waals surface area (Å²) in [6.45, 7) is 1.03. The molecule has 0 aliphatic carbocycles. The van der Waals surface area contributed by atoms with Crippen LogP contribution in [0.2, 0.25) is 0 Å². The molecule has 7 nitrogen and oxygen atoms in total. The lowest BCUT2D eigenvalue weighted by Crippen LogP contribution is -2.29. The van der Waals surface area contributed by atoms with Gasteiger partial charge in [0.05, 0.1) is 0 Å². The molecule has 1 aliphatic rings. The van der Waals surface area contributed by atoms with Gasteiger partial charge >= 0.3 is 12.0 Å². The number of primary amides is 1. The lowest BCUT2D eigenvalue weighted by atomic mass is 10.1. The third kappa shape index (κ3) is 3.95. The second-order valence-corrected chi connectivity index (χ2v) is 5.07. The van der Waals surface area contributed by atoms with E-state index in [1.807, 2.05) is 0 Å². The van der Waals surface area contributed by atoms with E-state index in [2.05, 4.69) is 5.32 Å². The van der Waals surface area contributed by atoms with E-state index in [-0.39, 0.29) is 18.2 Å². The number of likely N-dealkylation sites (tertiary alicyclic amines) is 1. The van der Waals surface area contributed by atoms with Gasteiger partial charge < -0.3 is 21.1 Å². The van der Waals surface area contributed by atoms with Gasteiger partial charge in [-0.3, -0.25) is 9.59 Å². The number of aliphatic carboxylic acids is 1. The zero-order chi connectivity index (χ0) is 15.4. The molecule has 0 radical (unpaired) electrons. The van der Waals surface area contributed by atoms with E-state index in [9.17, 15) is 14.4 Å². The molecule has 1 saturated heterocycles. The smallest absolute Gasteiger partial charge is 0.316 e. The topological polar surface area (TPSA) is 113 Å². The lowest BCUT2D eigenvalue weighted by molar-refractivity contribution is -0.138. The second kappa shape index (κ2) is 6.25. The highest BCUT2D eigenvalue weighted by atomic mass is 16.4. The number of nitrogens with zero attached hydrogens (tertiary/aromatic N) is 1. The van der Waals surface area contributed by atoms with Crippen LogP contribution in [0, 0.1) is 5.92 Å². The van der Waals surface area contributed by atoms with Crippen LogP contribution in [0.1, 0.15) is 23.2 Å². The number of carboxylic acids is 1. The molecule has 0 saturated carbocycles. The maximum Gasteiger partial charge on any atom is 0.316 e. The van der Waals surface area contributed by atoms with Gasteiger partial charge in [-0.2, -0.15) is 0 Å². The van der Waals surface area contributed by atoms with E-state index in [0.717, 1.165) is 0 Å². The molecule has 112 valence electrons. The Morgan fingerprint density at radius 2 is 1.95 bits per heavy atom. The van der Waals surface area contributed by atoms with Crippen LogP contribution >= 0.6 is 0 Å². The number of amides is 3. The first-order chi connectivity index (χ1) is 9.95. The van der Waals surface area contributed by atoms with Gasteiger partial charge in [0.1, 0.15) is 0 Å². The number of carbonyl (C=O) groups is 3. The summed E-state index contributed by atoms with van der Waals surface area (Å²) in [4.78, 5) is 35.3. The van der Waals surface area contributed by atoms with Crippen molar-refractivity contribution in [1.82, 2.24) is 4.90 Å². The van der Waals surface area contributed by atoms with Crippen molar-refractivity contribution in [3.63, 3.8) is 0 Å². The number of carbonyl (C=O) groups excluding carboxylic acids is 2. The largest absolute Gasteiger partial charge is 0.481 e. The summed E-state index contributed by atoms with van der Waals surface area (Å²) in [6.07, 6.45) is 0.796. The number of nitrogens with two attached hydrogens (primary N) is 1. The van der Waals surface area contributed by atoms with Gasteiger partial charge in [0.15, 0.2) is 0 Å². The van der Waals surface area contributed by atoms with E-state index in [4.69, 9.17) is 10.8 Å².